The van der Waals surface area contributed by atoms with Gasteiger partial charge in [-0.05, 0) is 37.1 Å². The first-order chi connectivity index (χ1) is 11.0. The van der Waals surface area contributed by atoms with Crippen LogP contribution in [0.15, 0.2) is 24.3 Å². The summed E-state index contributed by atoms with van der Waals surface area (Å²) in [6, 6.07) is 6.40. The highest BCUT2D eigenvalue weighted by atomic mass is 16.5. The van der Waals surface area contributed by atoms with Crippen molar-refractivity contribution in [3.8, 4) is 5.75 Å². The molecule has 124 valence electrons. The van der Waals surface area contributed by atoms with E-state index in [2.05, 4.69) is 5.32 Å². The number of carboxylic acid groups (broad SMARTS) is 1. The van der Waals surface area contributed by atoms with E-state index in [9.17, 15) is 14.4 Å². The molecule has 0 spiro atoms. The molecule has 2 atom stereocenters. The van der Waals surface area contributed by atoms with Crippen molar-refractivity contribution >= 4 is 17.7 Å². The Morgan fingerprint density at radius 3 is 2.48 bits per heavy atom. The van der Waals surface area contributed by atoms with Crippen LogP contribution in [0.2, 0.25) is 0 Å². The summed E-state index contributed by atoms with van der Waals surface area (Å²) in [5.41, 5.74) is 0.530. The highest BCUT2D eigenvalue weighted by Gasteiger charge is 2.33. The van der Waals surface area contributed by atoms with E-state index in [0.29, 0.717) is 24.2 Å². The second-order valence-electron chi connectivity index (χ2n) is 5.70. The number of nitrogens with one attached hydrogen (secondary N) is 1. The molecule has 6 heteroatoms. The van der Waals surface area contributed by atoms with Crippen molar-refractivity contribution in [3.63, 3.8) is 0 Å². The maximum Gasteiger partial charge on any atom is 0.308 e. The summed E-state index contributed by atoms with van der Waals surface area (Å²) in [5.74, 6) is -1.12. The zero-order valence-electron chi connectivity index (χ0n) is 13.1. The standard InChI is InChI=1S/C17H21NO5/c1-23-12-7-5-11(6-8-12)15(19)9-10-16(20)18-14-4-2-3-13(14)17(21)22/h5-8,13-14H,2-4,9-10H2,1H3,(H,18,20)(H,21,22)/t13-,14+/m0/s1. The molecule has 23 heavy (non-hydrogen) atoms. The Balaban J connectivity index is 1.81. The number of ether oxygens (including phenoxy) is 1. The van der Waals surface area contributed by atoms with Gasteiger partial charge in [-0.25, -0.2) is 0 Å². The van der Waals surface area contributed by atoms with E-state index >= 15 is 0 Å². The lowest BCUT2D eigenvalue weighted by Crippen LogP contribution is -2.40. The van der Waals surface area contributed by atoms with Gasteiger partial charge < -0.3 is 15.2 Å². The van der Waals surface area contributed by atoms with Gasteiger partial charge in [-0.1, -0.05) is 6.42 Å². The molecule has 6 nitrogen and oxygen atoms in total. The van der Waals surface area contributed by atoms with Crippen LogP contribution in [0.1, 0.15) is 42.5 Å². The summed E-state index contributed by atoms with van der Waals surface area (Å²) in [5, 5.41) is 11.8. The van der Waals surface area contributed by atoms with Gasteiger partial charge in [-0.3, -0.25) is 14.4 Å². The van der Waals surface area contributed by atoms with Crippen molar-refractivity contribution in [2.75, 3.05) is 7.11 Å². The Labute approximate surface area is 134 Å². The van der Waals surface area contributed by atoms with Gasteiger partial charge in [0.25, 0.3) is 0 Å². The second-order valence-corrected chi connectivity index (χ2v) is 5.70. The van der Waals surface area contributed by atoms with Crippen molar-refractivity contribution < 1.29 is 24.2 Å². The lowest BCUT2D eigenvalue weighted by atomic mass is 10.0. The summed E-state index contributed by atoms with van der Waals surface area (Å²) in [6.07, 6.45) is 2.23. The number of methoxy groups -OCH3 is 1. The molecule has 1 fully saturated rings. The van der Waals surface area contributed by atoms with Crippen LogP contribution in [-0.2, 0) is 9.59 Å². The number of hydrogen-bond donors (Lipinski definition) is 2. The molecule has 0 aliphatic heterocycles. The number of ketones is 1. The van der Waals surface area contributed by atoms with Crippen LogP contribution in [0.4, 0.5) is 0 Å². The normalized spacial score (nSPS) is 20.0. The van der Waals surface area contributed by atoms with Crippen LogP contribution in [-0.4, -0.2) is 35.9 Å². The number of carbonyl (C=O) groups is 3. The van der Waals surface area contributed by atoms with Gasteiger partial charge in [0.1, 0.15) is 5.75 Å². The fraction of sp³-hybridized carbons (Fsp3) is 0.471. The smallest absolute Gasteiger partial charge is 0.308 e. The van der Waals surface area contributed by atoms with E-state index in [4.69, 9.17) is 9.84 Å². The first kappa shape index (κ1) is 17.0. The number of benzene rings is 1. The average molecular weight is 319 g/mol. The van der Waals surface area contributed by atoms with Crippen molar-refractivity contribution in [1.82, 2.24) is 5.32 Å². The zero-order valence-corrected chi connectivity index (χ0v) is 13.1. The highest BCUT2D eigenvalue weighted by molar-refractivity contribution is 5.98. The third-order valence-electron chi connectivity index (χ3n) is 4.17. The van der Waals surface area contributed by atoms with Gasteiger partial charge in [0, 0.05) is 24.4 Å². The van der Waals surface area contributed by atoms with Gasteiger partial charge in [0.15, 0.2) is 5.78 Å². The first-order valence-electron chi connectivity index (χ1n) is 7.70. The molecule has 0 heterocycles. The molecule has 1 amide bonds. The summed E-state index contributed by atoms with van der Waals surface area (Å²) in [7, 11) is 1.55. The van der Waals surface area contributed by atoms with E-state index in [0.717, 1.165) is 6.42 Å². The molecule has 0 bridgehead atoms. The third-order valence-corrected chi connectivity index (χ3v) is 4.17. The molecular weight excluding hydrogens is 298 g/mol. The average Bonchev–Trinajstić information content (AvgIpc) is 3.01. The van der Waals surface area contributed by atoms with E-state index in [1.807, 2.05) is 0 Å². The Hall–Kier alpha value is -2.37. The molecule has 0 aromatic heterocycles. The zero-order chi connectivity index (χ0) is 16.8. The Morgan fingerprint density at radius 2 is 1.87 bits per heavy atom. The number of hydrogen-bond acceptors (Lipinski definition) is 4. The molecule has 1 aliphatic carbocycles. The number of aliphatic carboxylic acids is 1. The summed E-state index contributed by atoms with van der Waals surface area (Å²) < 4.78 is 5.03. The molecule has 2 N–H and O–H groups in total. The van der Waals surface area contributed by atoms with E-state index in [1.54, 1.807) is 31.4 Å². The van der Waals surface area contributed by atoms with Gasteiger partial charge >= 0.3 is 5.97 Å². The lowest BCUT2D eigenvalue weighted by molar-refractivity contribution is -0.142. The fourth-order valence-electron chi connectivity index (χ4n) is 2.86. The number of rotatable bonds is 7. The first-order valence-corrected chi connectivity index (χ1v) is 7.70. The number of amides is 1. The van der Waals surface area contributed by atoms with Gasteiger partial charge in [0.2, 0.25) is 5.91 Å². The van der Waals surface area contributed by atoms with Crippen LogP contribution in [0.3, 0.4) is 0 Å². The minimum Gasteiger partial charge on any atom is -0.497 e. The van der Waals surface area contributed by atoms with Crippen molar-refractivity contribution in [2.45, 2.75) is 38.1 Å². The summed E-state index contributed by atoms with van der Waals surface area (Å²) in [4.78, 5) is 35.1. The van der Waals surface area contributed by atoms with Crippen LogP contribution >= 0.6 is 0 Å². The van der Waals surface area contributed by atoms with Crippen molar-refractivity contribution in [1.29, 1.82) is 0 Å². The number of carbonyl (C=O) groups excluding carboxylic acids is 2. The van der Waals surface area contributed by atoms with Gasteiger partial charge in [-0.2, -0.15) is 0 Å². The molecule has 1 saturated carbocycles. The molecular formula is C17H21NO5. The molecule has 1 aromatic rings. The minimum atomic E-state index is -0.873. The Morgan fingerprint density at radius 1 is 1.17 bits per heavy atom. The van der Waals surface area contributed by atoms with Crippen molar-refractivity contribution in [2.24, 2.45) is 5.92 Å². The Bertz CT molecular complexity index is 581. The third kappa shape index (κ3) is 4.55. The Kier molecular flexibility index (Phi) is 5.73. The number of Topliss-reactive ketones (excluding diaryl/α,β-unsaturated/α-hetero) is 1. The fourth-order valence-corrected chi connectivity index (χ4v) is 2.86. The SMILES string of the molecule is COc1ccc(C(=O)CCC(=O)N[C@@H]2CCC[C@@H]2C(=O)O)cc1. The monoisotopic (exact) mass is 319 g/mol. The van der Waals surface area contributed by atoms with Gasteiger partial charge in [0.05, 0.1) is 13.0 Å². The van der Waals surface area contributed by atoms with Crippen LogP contribution in [0.5, 0.6) is 5.75 Å². The van der Waals surface area contributed by atoms with E-state index < -0.39 is 11.9 Å². The maximum absolute atomic E-state index is 12.0. The predicted molar refractivity (Wildman–Crippen MR) is 83.5 cm³/mol. The minimum absolute atomic E-state index is 0.0632. The summed E-state index contributed by atoms with van der Waals surface area (Å²) >= 11 is 0. The predicted octanol–water partition coefficient (Wildman–Crippen LogP) is 2.03. The van der Waals surface area contributed by atoms with Crippen LogP contribution in [0.25, 0.3) is 0 Å². The molecule has 0 unspecified atom stereocenters. The number of carboxylic acids is 1. The molecule has 0 radical (unpaired) electrons. The highest BCUT2D eigenvalue weighted by Crippen LogP contribution is 2.26. The van der Waals surface area contributed by atoms with Crippen LogP contribution < -0.4 is 10.1 Å². The van der Waals surface area contributed by atoms with Crippen molar-refractivity contribution in [3.05, 3.63) is 29.8 Å². The topological polar surface area (TPSA) is 92.7 Å². The van der Waals surface area contributed by atoms with E-state index in [1.165, 1.54) is 0 Å². The molecule has 1 aromatic carbocycles. The second kappa shape index (κ2) is 7.76. The molecule has 1 aliphatic rings. The van der Waals surface area contributed by atoms with Gasteiger partial charge in [-0.15, -0.1) is 0 Å². The molecule has 0 saturated heterocycles. The van der Waals surface area contributed by atoms with Crippen LogP contribution in [0, 0.1) is 5.92 Å². The largest absolute Gasteiger partial charge is 0.497 e. The quantitative estimate of drug-likeness (QED) is 0.750. The summed E-state index contributed by atoms with van der Waals surface area (Å²) in [6.45, 7) is 0. The lowest BCUT2D eigenvalue weighted by Gasteiger charge is -2.17. The van der Waals surface area contributed by atoms with E-state index in [-0.39, 0.29) is 30.6 Å². The maximum atomic E-state index is 12.0. The molecule has 2 rings (SSSR count).